The van der Waals surface area contributed by atoms with Crippen LogP contribution in [0.15, 0.2) is 48.7 Å². The lowest BCUT2D eigenvalue weighted by molar-refractivity contribution is 0.248. The van der Waals surface area contributed by atoms with Crippen LogP contribution in [0.3, 0.4) is 0 Å². The van der Waals surface area contributed by atoms with Gasteiger partial charge >= 0.3 is 0 Å². The first-order valence-corrected chi connectivity index (χ1v) is 10.5. The smallest absolute Gasteiger partial charge is 0.199 e. The van der Waals surface area contributed by atoms with E-state index in [1.54, 1.807) is 19.3 Å². The van der Waals surface area contributed by atoms with Gasteiger partial charge < -0.3 is 10.2 Å². The highest BCUT2D eigenvalue weighted by molar-refractivity contribution is 7.99. The van der Waals surface area contributed by atoms with E-state index in [9.17, 15) is 14.6 Å². The molecule has 148 valence electrons. The van der Waals surface area contributed by atoms with E-state index in [4.69, 9.17) is 0 Å². The summed E-state index contributed by atoms with van der Waals surface area (Å²) in [6.07, 6.45) is 5.68. The first kappa shape index (κ1) is 18.3. The summed E-state index contributed by atoms with van der Waals surface area (Å²) < 4.78 is 14.9. The summed E-state index contributed by atoms with van der Waals surface area (Å²) in [6, 6.07) is 10.3. The van der Waals surface area contributed by atoms with E-state index >= 15 is 0 Å². The number of rotatable bonds is 3. The highest BCUT2D eigenvalue weighted by Gasteiger charge is 2.46. The standard InChI is InChI=1S/C22H20FN3O2S/c1-25-21(27)19-17(26-12-29-11-18(26)20(19)22(25)28)8-7-16-6-5-14(10-24-16)13-3-2-4-15(23)9-13/h2-10,17-18,27-28H,11-12H2,1H3/b8-7+. The molecular weight excluding hydrogens is 389 g/mol. The van der Waals surface area contributed by atoms with Crippen LogP contribution in [0.2, 0.25) is 0 Å². The van der Waals surface area contributed by atoms with Crippen molar-refractivity contribution in [3.63, 3.8) is 0 Å². The fraction of sp³-hybridized carbons (Fsp3) is 0.227. The molecule has 29 heavy (non-hydrogen) atoms. The van der Waals surface area contributed by atoms with Crippen molar-refractivity contribution in [2.45, 2.75) is 12.1 Å². The Morgan fingerprint density at radius 3 is 2.72 bits per heavy atom. The monoisotopic (exact) mass is 409 g/mol. The Morgan fingerprint density at radius 2 is 1.97 bits per heavy atom. The zero-order valence-electron chi connectivity index (χ0n) is 15.8. The minimum Gasteiger partial charge on any atom is -0.494 e. The molecule has 1 aromatic carbocycles. The summed E-state index contributed by atoms with van der Waals surface area (Å²) in [7, 11) is 1.67. The minimum atomic E-state index is -0.271. The zero-order valence-corrected chi connectivity index (χ0v) is 16.6. The van der Waals surface area contributed by atoms with Crippen LogP contribution in [0.25, 0.3) is 17.2 Å². The molecular formula is C22H20FN3O2S. The number of nitrogens with zero attached hydrogens (tertiary/aromatic N) is 3. The van der Waals surface area contributed by atoms with E-state index in [1.165, 1.54) is 16.7 Å². The quantitative estimate of drug-likeness (QED) is 0.669. The van der Waals surface area contributed by atoms with Gasteiger partial charge in [-0.25, -0.2) is 4.39 Å². The van der Waals surface area contributed by atoms with Gasteiger partial charge in [0.15, 0.2) is 11.8 Å². The lowest BCUT2D eigenvalue weighted by Crippen LogP contribution is -2.20. The lowest BCUT2D eigenvalue weighted by Gasteiger charge is -2.22. The molecule has 2 N–H and O–H groups in total. The van der Waals surface area contributed by atoms with E-state index in [0.717, 1.165) is 39.6 Å². The van der Waals surface area contributed by atoms with Crippen molar-refractivity contribution < 1.29 is 14.6 Å². The Bertz CT molecular complexity index is 1110. The van der Waals surface area contributed by atoms with E-state index < -0.39 is 0 Å². The third kappa shape index (κ3) is 2.92. The molecule has 0 bridgehead atoms. The first-order chi connectivity index (χ1) is 14.0. The molecule has 2 aliphatic rings. The van der Waals surface area contributed by atoms with Crippen molar-refractivity contribution in [3.8, 4) is 22.9 Å². The predicted molar refractivity (Wildman–Crippen MR) is 112 cm³/mol. The average molecular weight is 409 g/mol. The molecule has 7 heteroatoms. The highest BCUT2D eigenvalue weighted by atomic mass is 32.2. The SMILES string of the molecule is Cn1c(O)c2c(c1O)C1CSCN1C2/C=C/c1ccc(-c2cccc(F)c2)cn1. The number of halogens is 1. The predicted octanol–water partition coefficient (Wildman–Crippen LogP) is 4.45. The Kier molecular flexibility index (Phi) is 4.37. The molecule has 1 fully saturated rings. The van der Waals surface area contributed by atoms with Crippen LogP contribution in [0.5, 0.6) is 11.8 Å². The number of hydrogen-bond acceptors (Lipinski definition) is 5. The van der Waals surface area contributed by atoms with Crippen molar-refractivity contribution in [2.24, 2.45) is 7.05 Å². The maximum Gasteiger partial charge on any atom is 0.199 e. The van der Waals surface area contributed by atoms with Gasteiger partial charge in [-0.15, -0.1) is 11.8 Å². The largest absolute Gasteiger partial charge is 0.494 e. The van der Waals surface area contributed by atoms with E-state index in [2.05, 4.69) is 9.88 Å². The summed E-state index contributed by atoms with van der Waals surface area (Å²) >= 11 is 1.82. The fourth-order valence-corrected chi connectivity index (χ4v) is 5.44. The number of pyridine rings is 1. The van der Waals surface area contributed by atoms with Crippen LogP contribution in [-0.2, 0) is 7.05 Å². The van der Waals surface area contributed by atoms with Crippen LogP contribution in [0, 0.1) is 5.82 Å². The van der Waals surface area contributed by atoms with E-state index in [1.807, 2.05) is 42.1 Å². The van der Waals surface area contributed by atoms with Crippen LogP contribution < -0.4 is 0 Å². The molecule has 2 aliphatic heterocycles. The average Bonchev–Trinajstić information content (AvgIpc) is 3.37. The third-order valence-corrected chi connectivity index (χ3v) is 6.74. The summed E-state index contributed by atoms with van der Waals surface area (Å²) in [5.74, 6) is 1.73. The summed E-state index contributed by atoms with van der Waals surface area (Å²) in [6.45, 7) is 0. The molecule has 2 unspecified atom stereocenters. The van der Waals surface area contributed by atoms with Gasteiger partial charge in [-0.05, 0) is 29.8 Å². The highest BCUT2D eigenvalue weighted by Crippen LogP contribution is 2.55. The molecule has 5 nitrogen and oxygen atoms in total. The Morgan fingerprint density at radius 1 is 1.14 bits per heavy atom. The van der Waals surface area contributed by atoms with Gasteiger partial charge in [0, 0.05) is 41.6 Å². The Hall–Kier alpha value is -2.77. The van der Waals surface area contributed by atoms with Gasteiger partial charge in [0.05, 0.1) is 17.8 Å². The normalized spacial score (nSPS) is 21.0. The van der Waals surface area contributed by atoms with Crippen molar-refractivity contribution in [1.82, 2.24) is 14.5 Å². The van der Waals surface area contributed by atoms with Crippen molar-refractivity contribution in [1.29, 1.82) is 0 Å². The van der Waals surface area contributed by atoms with Crippen LogP contribution in [-0.4, -0.2) is 36.3 Å². The van der Waals surface area contributed by atoms with Crippen LogP contribution in [0.4, 0.5) is 4.39 Å². The maximum atomic E-state index is 13.4. The number of aromatic hydroxyl groups is 2. The molecule has 5 rings (SSSR count). The van der Waals surface area contributed by atoms with Gasteiger partial charge in [-0.3, -0.25) is 14.5 Å². The van der Waals surface area contributed by atoms with E-state index in [0.29, 0.717) is 0 Å². The number of thioether (sulfide) groups is 1. The molecule has 0 amide bonds. The maximum absolute atomic E-state index is 13.4. The molecule has 2 aromatic heterocycles. The number of benzene rings is 1. The second-order valence-electron chi connectivity index (χ2n) is 7.35. The third-order valence-electron chi connectivity index (χ3n) is 5.70. The number of aromatic nitrogens is 2. The second kappa shape index (κ2) is 6.93. The van der Waals surface area contributed by atoms with Crippen LogP contribution >= 0.6 is 11.8 Å². The molecule has 2 atom stereocenters. The summed E-state index contributed by atoms with van der Waals surface area (Å²) in [4.78, 5) is 6.77. The van der Waals surface area contributed by atoms with E-state index in [-0.39, 0.29) is 29.7 Å². The van der Waals surface area contributed by atoms with Crippen molar-refractivity contribution >= 4 is 17.8 Å². The molecule has 3 aromatic rings. The zero-order chi connectivity index (χ0) is 20.1. The second-order valence-corrected chi connectivity index (χ2v) is 8.35. The Labute approximate surface area is 172 Å². The molecule has 0 radical (unpaired) electrons. The van der Waals surface area contributed by atoms with Gasteiger partial charge in [-0.2, -0.15) is 0 Å². The summed E-state index contributed by atoms with van der Waals surface area (Å²) in [5.41, 5.74) is 4.03. The van der Waals surface area contributed by atoms with Crippen LogP contribution in [0.1, 0.15) is 28.9 Å². The number of hydrogen-bond donors (Lipinski definition) is 2. The number of fused-ring (bicyclic) bond motifs is 3. The summed E-state index contributed by atoms with van der Waals surface area (Å²) in [5, 5.41) is 21.0. The van der Waals surface area contributed by atoms with Gasteiger partial charge in [0.2, 0.25) is 0 Å². The lowest BCUT2D eigenvalue weighted by atomic mass is 10.1. The van der Waals surface area contributed by atoms with Crippen molar-refractivity contribution in [3.05, 3.63) is 71.3 Å². The van der Waals surface area contributed by atoms with Gasteiger partial charge in [0.25, 0.3) is 0 Å². The first-order valence-electron chi connectivity index (χ1n) is 9.38. The Balaban J connectivity index is 1.44. The molecule has 1 saturated heterocycles. The molecule has 0 spiro atoms. The minimum absolute atomic E-state index is 0.109. The van der Waals surface area contributed by atoms with Crippen molar-refractivity contribution in [2.75, 3.05) is 11.6 Å². The fourth-order valence-electron chi connectivity index (χ4n) is 4.21. The molecule has 0 aliphatic carbocycles. The van der Waals surface area contributed by atoms with Gasteiger partial charge in [-0.1, -0.05) is 24.3 Å². The van der Waals surface area contributed by atoms with Gasteiger partial charge in [0.1, 0.15) is 5.82 Å². The topological polar surface area (TPSA) is 61.5 Å². The molecule has 0 saturated carbocycles. The molecule has 4 heterocycles.